The topological polar surface area (TPSA) is 53.7 Å². The molecule has 168 valence electrons. The zero-order chi connectivity index (χ0) is 23.3. The van der Waals surface area contributed by atoms with Gasteiger partial charge in [0.15, 0.2) is 11.3 Å². The summed E-state index contributed by atoms with van der Waals surface area (Å²) in [5.41, 5.74) is -0.316. The summed E-state index contributed by atoms with van der Waals surface area (Å²) >= 11 is 5.75. The van der Waals surface area contributed by atoms with Crippen LogP contribution in [-0.4, -0.2) is 47.0 Å². The molecule has 0 saturated carbocycles. The predicted molar refractivity (Wildman–Crippen MR) is 120 cm³/mol. The largest absolute Gasteiger partial charge is 0.417 e. The van der Waals surface area contributed by atoms with Crippen LogP contribution in [0.15, 0.2) is 42.5 Å². The van der Waals surface area contributed by atoms with E-state index in [0.29, 0.717) is 12.8 Å². The normalized spacial score (nSPS) is 21.3. The molecule has 2 aromatic rings. The van der Waals surface area contributed by atoms with E-state index in [-0.39, 0.29) is 10.8 Å². The molecule has 2 saturated heterocycles. The van der Waals surface area contributed by atoms with E-state index in [1.165, 1.54) is 11.0 Å². The molecule has 1 N–H and O–H groups in total. The van der Waals surface area contributed by atoms with Gasteiger partial charge in [-0.05, 0) is 69.4 Å². The molecule has 0 aliphatic carbocycles. The number of rotatable bonds is 2. The fourth-order valence-corrected chi connectivity index (χ4v) is 5.07. The predicted octanol–water partition coefficient (Wildman–Crippen LogP) is 4.28. The first-order valence-electron chi connectivity index (χ1n) is 10.3. The van der Waals surface area contributed by atoms with Crippen LogP contribution in [0.2, 0.25) is 0 Å². The maximum Gasteiger partial charge on any atom is 0.417 e. The van der Waals surface area contributed by atoms with Gasteiger partial charge in [-0.3, -0.25) is 4.90 Å². The molecule has 1 atom stereocenters. The van der Waals surface area contributed by atoms with Crippen molar-refractivity contribution in [3.05, 3.63) is 59.2 Å². The molecular formula is C23H23F3N4OS. The van der Waals surface area contributed by atoms with Crippen LogP contribution < -0.4 is 9.80 Å². The van der Waals surface area contributed by atoms with Gasteiger partial charge in [0.25, 0.3) is 0 Å². The average Bonchev–Trinajstić information content (AvgIpc) is 2.96. The number of alkyl halides is 3. The highest BCUT2D eigenvalue weighted by Gasteiger charge is 2.56. The maximum atomic E-state index is 13.6. The monoisotopic (exact) mass is 460 g/mol. The van der Waals surface area contributed by atoms with Gasteiger partial charge >= 0.3 is 6.18 Å². The van der Waals surface area contributed by atoms with Gasteiger partial charge in [0.1, 0.15) is 0 Å². The molecule has 1 unspecified atom stereocenters. The van der Waals surface area contributed by atoms with E-state index in [4.69, 9.17) is 17.5 Å². The molecule has 2 aliphatic heterocycles. The van der Waals surface area contributed by atoms with Crippen LogP contribution in [0.25, 0.3) is 0 Å². The third-order valence-corrected chi connectivity index (χ3v) is 6.80. The Labute approximate surface area is 190 Å². The van der Waals surface area contributed by atoms with Gasteiger partial charge in [0.05, 0.1) is 22.7 Å². The van der Waals surface area contributed by atoms with E-state index in [1.807, 2.05) is 43.1 Å². The molecule has 0 amide bonds. The zero-order valence-electron chi connectivity index (χ0n) is 17.7. The summed E-state index contributed by atoms with van der Waals surface area (Å²) in [5.74, 6) is 0. The average molecular weight is 461 g/mol. The lowest BCUT2D eigenvalue weighted by atomic mass is 9.84. The van der Waals surface area contributed by atoms with Crippen LogP contribution in [0, 0.1) is 18.3 Å². The lowest BCUT2D eigenvalue weighted by Gasteiger charge is -2.45. The van der Waals surface area contributed by atoms with E-state index in [1.54, 1.807) is 6.07 Å². The van der Waals surface area contributed by atoms with Gasteiger partial charge in [0.2, 0.25) is 0 Å². The number of piperidine rings is 1. The lowest BCUT2D eigenvalue weighted by molar-refractivity contribution is -0.137. The first-order chi connectivity index (χ1) is 15.1. The second-order valence-corrected chi connectivity index (χ2v) is 8.81. The highest BCUT2D eigenvalue weighted by molar-refractivity contribution is 7.80. The van der Waals surface area contributed by atoms with E-state index in [2.05, 4.69) is 4.90 Å². The van der Waals surface area contributed by atoms with E-state index < -0.39 is 29.1 Å². The van der Waals surface area contributed by atoms with E-state index in [0.717, 1.165) is 36.5 Å². The number of benzene rings is 2. The molecule has 32 heavy (non-hydrogen) atoms. The van der Waals surface area contributed by atoms with Gasteiger partial charge in [-0.1, -0.05) is 17.7 Å². The van der Waals surface area contributed by atoms with Crippen LogP contribution >= 0.6 is 12.2 Å². The fourth-order valence-electron chi connectivity index (χ4n) is 4.57. The maximum absolute atomic E-state index is 13.6. The van der Waals surface area contributed by atoms with Gasteiger partial charge < -0.3 is 14.9 Å². The van der Waals surface area contributed by atoms with Crippen LogP contribution in [0.3, 0.4) is 0 Å². The minimum atomic E-state index is -4.70. The Morgan fingerprint density at radius 2 is 1.69 bits per heavy atom. The molecule has 2 aliphatic rings. The SMILES string of the molecule is Cc1ccc(N2C(=S)N(c3ccc(C#N)c(C(F)(F)F)c3)C(O)C23CCN(C)CC3)cc1. The van der Waals surface area contributed by atoms with Crippen LogP contribution in [-0.2, 0) is 6.18 Å². The van der Waals surface area contributed by atoms with E-state index in [9.17, 15) is 18.3 Å². The molecule has 1 spiro atoms. The smallest absolute Gasteiger partial charge is 0.371 e. The molecule has 2 fully saturated rings. The van der Waals surface area contributed by atoms with Crippen molar-refractivity contribution in [1.82, 2.24) is 4.90 Å². The second-order valence-electron chi connectivity index (χ2n) is 8.44. The first kappa shape index (κ1) is 22.5. The third-order valence-electron chi connectivity index (χ3n) is 6.42. The standard InChI is InChI=1S/C23H23F3N4OS/c1-15-3-6-17(7-4-15)30-21(32)29(20(31)22(30)9-11-28(2)12-10-22)18-8-5-16(14-27)19(13-18)23(24,25)26/h3-8,13,20,31H,9-12H2,1-2H3. The molecule has 2 heterocycles. The van der Waals surface area contributed by atoms with Gasteiger partial charge in [0, 0.05) is 24.5 Å². The summed E-state index contributed by atoms with van der Waals surface area (Å²) in [6, 6.07) is 12.7. The number of aryl methyl sites for hydroxylation is 1. The van der Waals surface area contributed by atoms with Crippen molar-refractivity contribution < 1.29 is 18.3 Å². The number of aliphatic hydroxyl groups excluding tert-OH is 1. The van der Waals surface area contributed by atoms with Crippen LogP contribution in [0.1, 0.15) is 29.5 Å². The van der Waals surface area contributed by atoms with Crippen LogP contribution in [0.4, 0.5) is 24.5 Å². The van der Waals surface area contributed by atoms with Crippen molar-refractivity contribution in [2.24, 2.45) is 0 Å². The number of thiocarbonyl (C=S) groups is 1. The Bertz CT molecular complexity index is 1070. The number of hydrogen-bond donors (Lipinski definition) is 1. The zero-order valence-corrected chi connectivity index (χ0v) is 18.5. The Morgan fingerprint density at radius 1 is 1.09 bits per heavy atom. The molecule has 5 nitrogen and oxygen atoms in total. The lowest BCUT2D eigenvalue weighted by Crippen LogP contribution is -2.58. The van der Waals surface area contributed by atoms with Crippen molar-refractivity contribution in [1.29, 1.82) is 5.26 Å². The molecule has 0 bridgehead atoms. The minimum Gasteiger partial charge on any atom is -0.371 e. The summed E-state index contributed by atoms with van der Waals surface area (Å²) in [4.78, 5) is 5.43. The third kappa shape index (κ3) is 3.62. The Morgan fingerprint density at radius 3 is 2.25 bits per heavy atom. The number of anilines is 2. The van der Waals surface area contributed by atoms with Crippen molar-refractivity contribution in [2.45, 2.75) is 37.7 Å². The summed E-state index contributed by atoms with van der Waals surface area (Å²) < 4.78 is 40.8. The summed E-state index contributed by atoms with van der Waals surface area (Å²) in [7, 11) is 2.00. The molecule has 9 heteroatoms. The number of halogens is 3. The highest BCUT2D eigenvalue weighted by Crippen LogP contribution is 2.45. The number of nitrogens with zero attached hydrogens (tertiary/aromatic N) is 4. The fraction of sp³-hybridized carbons (Fsp3) is 0.391. The molecule has 0 aromatic heterocycles. The molecular weight excluding hydrogens is 437 g/mol. The van der Waals surface area contributed by atoms with Crippen molar-refractivity contribution in [3.63, 3.8) is 0 Å². The highest BCUT2D eigenvalue weighted by atomic mass is 32.1. The number of likely N-dealkylation sites (tertiary alicyclic amines) is 1. The molecule has 0 radical (unpaired) electrons. The van der Waals surface area contributed by atoms with Gasteiger partial charge in [-0.25, -0.2) is 0 Å². The van der Waals surface area contributed by atoms with Crippen molar-refractivity contribution >= 4 is 28.7 Å². The summed E-state index contributed by atoms with van der Waals surface area (Å²) in [5, 5.41) is 20.9. The Kier molecular flexibility index (Phi) is 5.65. The Hall–Kier alpha value is -2.67. The number of hydrogen-bond acceptors (Lipinski definition) is 4. The van der Waals surface area contributed by atoms with E-state index >= 15 is 0 Å². The van der Waals surface area contributed by atoms with Crippen molar-refractivity contribution in [2.75, 3.05) is 29.9 Å². The second kappa shape index (κ2) is 8.03. The van der Waals surface area contributed by atoms with Gasteiger partial charge in [-0.15, -0.1) is 0 Å². The van der Waals surface area contributed by atoms with Crippen molar-refractivity contribution in [3.8, 4) is 6.07 Å². The number of aliphatic hydroxyl groups is 1. The van der Waals surface area contributed by atoms with Gasteiger partial charge in [-0.2, -0.15) is 18.4 Å². The summed E-state index contributed by atoms with van der Waals surface area (Å²) in [6.45, 7) is 3.40. The van der Waals surface area contributed by atoms with Crippen LogP contribution in [0.5, 0.6) is 0 Å². The molecule has 2 aromatic carbocycles. The minimum absolute atomic E-state index is 0.113. The summed E-state index contributed by atoms with van der Waals surface area (Å²) in [6.07, 6.45) is -4.65. The first-order valence-corrected chi connectivity index (χ1v) is 10.7. The Balaban J connectivity index is 1.84. The molecule has 4 rings (SSSR count). The number of nitriles is 1. The quantitative estimate of drug-likeness (QED) is 0.676.